The summed E-state index contributed by atoms with van der Waals surface area (Å²) in [6, 6.07) is 0. The highest BCUT2D eigenvalue weighted by Gasteiger charge is 1.92. The molecule has 0 aromatic rings. The van der Waals surface area contributed by atoms with E-state index in [-0.39, 0.29) is 0 Å². The normalized spacial score (nSPS) is 11.9. The summed E-state index contributed by atoms with van der Waals surface area (Å²) in [4.78, 5) is 0. The predicted molar refractivity (Wildman–Crippen MR) is 110 cm³/mol. The van der Waals surface area contributed by atoms with E-state index >= 15 is 0 Å². The number of unbranched alkanes of at least 4 members (excludes halogenated alkanes) is 14. The molecule has 1 N–H and O–H groups in total. The van der Waals surface area contributed by atoms with E-state index in [9.17, 15) is 0 Å². The van der Waals surface area contributed by atoms with Crippen LogP contribution < -0.4 is 0 Å². The molecule has 0 heterocycles. The summed E-state index contributed by atoms with van der Waals surface area (Å²) >= 11 is 0. The van der Waals surface area contributed by atoms with E-state index in [1.54, 1.807) is 0 Å². The van der Waals surface area contributed by atoms with Crippen molar-refractivity contribution < 1.29 is 5.11 Å². The third-order valence-electron chi connectivity index (χ3n) is 4.59. The average Bonchev–Trinajstić information content (AvgIpc) is 2.60. The lowest BCUT2D eigenvalue weighted by molar-refractivity contribution is 0.282. The van der Waals surface area contributed by atoms with Gasteiger partial charge in [0.1, 0.15) is 0 Å². The molecule has 142 valence electrons. The largest absolute Gasteiger partial charge is 0.396 e. The average molecular weight is 337 g/mol. The van der Waals surface area contributed by atoms with Crippen molar-refractivity contribution in [2.75, 3.05) is 6.61 Å². The van der Waals surface area contributed by atoms with E-state index < -0.39 is 0 Å². The molecule has 0 aliphatic rings. The van der Waals surface area contributed by atoms with Crippen molar-refractivity contribution in [3.63, 3.8) is 0 Å². The minimum absolute atomic E-state index is 0.360. The van der Waals surface area contributed by atoms with Crippen molar-refractivity contribution in [3.05, 3.63) is 24.3 Å². The summed E-state index contributed by atoms with van der Waals surface area (Å²) in [5, 5.41) is 8.71. The fourth-order valence-electron chi connectivity index (χ4n) is 3.01. The summed E-state index contributed by atoms with van der Waals surface area (Å²) in [6.07, 6.45) is 31.7. The molecule has 0 atom stereocenters. The zero-order chi connectivity index (χ0) is 17.6. The molecule has 1 heteroatoms. The topological polar surface area (TPSA) is 20.2 Å². The van der Waals surface area contributed by atoms with E-state index in [0.717, 1.165) is 6.42 Å². The molecule has 0 aliphatic carbocycles. The Labute approximate surface area is 152 Å². The molecular weight excluding hydrogens is 292 g/mol. The number of hydrogen-bond donors (Lipinski definition) is 1. The van der Waals surface area contributed by atoms with Gasteiger partial charge in [-0.1, -0.05) is 89.0 Å². The van der Waals surface area contributed by atoms with Gasteiger partial charge in [-0.25, -0.2) is 0 Å². The SMILES string of the molecule is CC/C=C/CCCCCCCCC/C=C/CCCCCCCCO. The molecule has 0 rings (SSSR count). The first-order valence-electron chi connectivity index (χ1n) is 10.8. The summed E-state index contributed by atoms with van der Waals surface area (Å²) < 4.78 is 0. The molecule has 0 radical (unpaired) electrons. The minimum atomic E-state index is 0.360. The van der Waals surface area contributed by atoms with Gasteiger partial charge in [-0.15, -0.1) is 0 Å². The Morgan fingerprint density at radius 2 is 0.792 bits per heavy atom. The van der Waals surface area contributed by atoms with Gasteiger partial charge in [0, 0.05) is 6.61 Å². The van der Waals surface area contributed by atoms with Gasteiger partial charge in [-0.2, -0.15) is 0 Å². The Kier molecular flexibility index (Phi) is 21.9. The second kappa shape index (κ2) is 22.4. The molecule has 24 heavy (non-hydrogen) atoms. The zero-order valence-corrected chi connectivity index (χ0v) is 16.5. The van der Waals surface area contributed by atoms with E-state index in [0.29, 0.717) is 6.61 Å². The quantitative estimate of drug-likeness (QED) is 0.189. The van der Waals surface area contributed by atoms with Crippen LogP contribution in [0.1, 0.15) is 116 Å². The van der Waals surface area contributed by atoms with Gasteiger partial charge in [-0.05, 0) is 51.4 Å². The van der Waals surface area contributed by atoms with Crippen molar-refractivity contribution in [2.45, 2.75) is 116 Å². The number of aliphatic hydroxyl groups excluding tert-OH is 1. The molecule has 0 saturated carbocycles. The van der Waals surface area contributed by atoms with Gasteiger partial charge in [0.25, 0.3) is 0 Å². The summed E-state index contributed by atoms with van der Waals surface area (Å²) in [6.45, 7) is 2.56. The number of rotatable bonds is 19. The van der Waals surface area contributed by atoms with E-state index in [1.165, 1.54) is 103 Å². The molecular formula is C23H44O. The zero-order valence-electron chi connectivity index (χ0n) is 16.5. The Morgan fingerprint density at radius 3 is 1.17 bits per heavy atom. The van der Waals surface area contributed by atoms with Gasteiger partial charge < -0.3 is 5.11 Å². The van der Waals surface area contributed by atoms with Crippen LogP contribution in [0.4, 0.5) is 0 Å². The van der Waals surface area contributed by atoms with Gasteiger partial charge >= 0.3 is 0 Å². The Balaban J connectivity index is 3.07. The Bertz CT molecular complexity index is 267. The first-order chi connectivity index (χ1) is 11.9. The van der Waals surface area contributed by atoms with Crippen LogP contribution in [0.2, 0.25) is 0 Å². The Hall–Kier alpha value is -0.560. The minimum Gasteiger partial charge on any atom is -0.396 e. The van der Waals surface area contributed by atoms with Crippen LogP contribution >= 0.6 is 0 Å². The van der Waals surface area contributed by atoms with Crippen molar-refractivity contribution >= 4 is 0 Å². The lowest BCUT2D eigenvalue weighted by Gasteiger charge is -2.00. The molecule has 0 aromatic carbocycles. The van der Waals surface area contributed by atoms with Gasteiger partial charge in [0.05, 0.1) is 0 Å². The lowest BCUT2D eigenvalue weighted by atomic mass is 10.1. The fraction of sp³-hybridized carbons (Fsp3) is 0.826. The van der Waals surface area contributed by atoms with E-state index in [4.69, 9.17) is 5.11 Å². The number of aliphatic hydroxyl groups is 1. The van der Waals surface area contributed by atoms with Crippen LogP contribution in [-0.4, -0.2) is 11.7 Å². The summed E-state index contributed by atoms with van der Waals surface area (Å²) in [7, 11) is 0. The maximum absolute atomic E-state index is 8.71. The van der Waals surface area contributed by atoms with Crippen LogP contribution in [0.5, 0.6) is 0 Å². The second-order valence-electron chi connectivity index (χ2n) is 7.04. The first-order valence-corrected chi connectivity index (χ1v) is 10.8. The van der Waals surface area contributed by atoms with E-state index in [1.807, 2.05) is 0 Å². The summed E-state index contributed by atoms with van der Waals surface area (Å²) in [5.74, 6) is 0. The monoisotopic (exact) mass is 336 g/mol. The summed E-state index contributed by atoms with van der Waals surface area (Å²) in [5.41, 5.74) is 0. The third-order valence-corrected chi connectivity index (χ3v) is 4.59. The van der Waals surface area contributed by atoms with Crippen LogP contribution in [0.15, 0.2) is 24.3 Å². The highest BCUT2D eigenvalue weighted by atomic mass is 16.2. The molecule has 0 unspecified atom stereocenters. The molecule has 0 spiro atoms. The van der Waals surface area contributed by atoms with Crippen molar-refractivity contribution in [1.29, 1.82) is 0 Å². The maximum Gasteiger partial charge on any atom is 0.0431 e. The highest BCUT2D eigenvalue weighted by Crippen LogP contribution is 2.11. The number of allylic oxidation sites excluding steroid dienone is 4. The molecule has 0 amide bonds. The molecule has 0 saturated heterocycles. The molecule has 0 bridgehead atoms. The van der Waals surface area contributed by atoms with Crippen LogP contribution in [-0.2, 0) is 0 Å². The second-order valence-corrected chi connectivity index (χ2v) is 7.04. The molecule has 0 aromatic heterocycles. The lowest BCUT2D eigenvalue weighted by Crippen LogP contribution is -1.83. The Morgan fingerprint density at radius 1 is 0.458 bits per heavy atom. The predicted octanol–water partition coefficient (Wildman–Crippen LogP) is 7.74. The van der Waals surface area contributed by atoms with Gasteiger partial charge in [0.15, 0.2) is 0 Å². The highest BCUT2D eigenvalue weighted by molar-refractivity contribution is 4.81. The molecule has 0 aliphatic heterocycles. The van der Waals surface area contributed by atoms with Gasteiger partial charge in [0.2, 0.25) is 0 Å². The van der Waals surface area contributed by atoms with Crippen molar-refractivity contribution in [3.8, 4) is 0 Å². The molecule has 0 fully saturated rings. The van der Waals surface area contributed by atoms with Crippen molar-refractivity contribution in [2.24, 2.45) is 0 Å². The van der Waals surface area contributed by atoms with Gasteiger partial charge in [-0.3, -0.25) is 0 Å². The van der Waals surface area contributed by atoms with Crippen LogP contribution in [0.25, 0.3) is 0 Å². The fourth-order valence-corrected chi connectivity index (χ4v) is 3.01. The van der Waals surface area contributed by atoms with Crippen molar-refractivity contribution in [1.82, 2.24) is 0 Å². The maximum atomic E-state index is 8.71. The molecule has 1 nitrogen and oxygen atoms in total. The first kappa shape index (κ1) is 23.4. The number of hydrogen-bond acceptors (Lipinski definition) is 1. The standard InChI is InChI=1S/C23H44O/c1-2-3-4-5-6-7-8-9-10-11-12-13-14-15-16-17-18-19-20-21-22-23-24/h3-4,14-15,24H,2,5-13,16-23H2,1H3/b4-3+,15-14+. The van der Waals surface area contributed by atoms with Crippen LogP contribution in [0, 0.1) is 0 Å². The smallest absolute Gasteiger partial charge is 0.0431 e. The third kappa shape index (κ3) is 21.4. The van der Waals surface area contributed by atoms with E-state index in [2.05, 4.69) is 31.2 Å². The van der Waals surface area contributed by atoms with Crippen LogP contribution in [0.3, 0.4) is 0 Å².